The molecule has 0 heterocycles. The molecule has 2 N–H and O–H groups in total. The van der Waals surface area contributed by atoms with Crippen LogP contribution in [0.25, 0.3) is 0 Å². The minimum atomic E-state index is -0.0841. The summed E-state index contributed by atoms with van der Waals surface area (Å²) in [6, 6.07) is 23.0. The molecule has 1 amide bonds. The number of anilines is 2. The van der Waals surface area contributed by atoms with Gasteiger partial charge in [-0.2, -0.15) is 0 Å². The van der Waals surface area contributed by atoms with Gasteiger partial charge in [0.05, 0.1) is 11.7 Å². The lowest BCUT2D eigenvalue weighted by Crippen LogP contribution is -2.15. The molecule has 0 aliphatic carbocycles. The summed E-state index contributed by atoms with van der Waals surface area (Å²) in [4.78, 5) is 11.6. The van der Waals surface area contributed by atoms with Crippen LogP contribution in [-0.2, 0) is 4.79 Å². The van der Waals surface area contributed by atoms with Gasteiger partial charge >= 0.3 is 0 Å². The average molecular weight is 409 g/mol. The van der Waals surface area contributed by atoms with Gasteiger partial charge in [0.1, 0.15) is 5.75 Å². The van der Waals surface area contributed by atoms with Crippen molar-refractivity contribution in [1.82, 2.24) is 0 Å². The predicted octanol–water partition coefficient (Wildman–Crippen LogP) is 7.04. The van der Waals surface area contributed by atoms with E-state index in [0.29, 0.717) is 10.8 Å². The molecule has 4 nitrogen and oxygen atoms in total. The predicted molar refractivity (Wildman–Crippen MR) is 120 cm³/mol. The van der Waals surface area contributed by atoms with Crippen molar-refractivity contribution >= 4 is 28.9 Å². The van der Waals surface area contributed by atoms with E-state index in [1.54, 1.807) is 12.1 Å². The number of carbonyl (C=O) groups is 1. The maximum Gasteiger partial charge on any atom is 0.221 e. The third-order valence-electron chi connectivity index (χ3n) is 4.48. The van der Waals surface area contributed by atoms with Gasteiger partial charge in [0.25, 0.3) is 0 Å². The number of carbonyl (C=O) groups excluding carboxylic acids is 1. The number of rotatable bonds is 8. The fourth-order valence-corrected chi connectivity index (χ4v) is 3.32. The van der Waals surface area contributed by atoms with Crippen LogP contribution >= 0.6 is 11.6 Å². The zero-order valence-electron chi connectivity index (χ0n) is 16.6. The van der Waals surface area contributed by atoms with Crippen molar-refractivity contribution in [3.8, 4) is 11.5 Å². The molecule has 0 radical (unpaired) electrons. The molecule has 0 aromatic heterocycles. The highest BCUT2D eigenvalue weighted by Gasteiger charge is 2.17. The summed E-state index contributed by atoms with van der Waals surface area (Å²) in [5.74, 6) is 1.36. The minimum absolute atomic E-state index is 0.0259. The third-order valence-corrected chi connectivity index (χ3v) is 4.73. The third kappa shape index (κ3) is 5.75. The number of para-hydroxylation sites is 3. The molecule has 0 aliphatic heterocycles. The van der Waals surface area contributed by atoms with E-state index < -0.39 is 0 Å². The molecule has 0 bridgehead atoms. The summed E-state index contributed by atoms with van der Waals surface area (Å²) in [7, 11) is 0. The van der Waals surface area contributed by atoms with Gasteiger partial charge < -0.3 is 15.4 Å². The number of amides is 1. The second-order valence-corrected chi connectivity index (χ2v) is 7.24. The molecule has 0 saturated carbocycles. The molecular weight excluding hydrogens is 384 g/mol. The molecule has 0 aliphatic rings. The van der Waals surface area contributed by atoms with E-state index in [1.165, 1.54) is 6.92 Å². The van der Waals surface area contributed by atoms with E-state index in [-0.39, 0.29) is 11.9 Å². The second-order valence-electron chi connectivity index (χ2n) is 6.81. The molecule has 5 heteroatoms. The quantitative estimate of drug-likeness (QED) is 0.420. The standard InChI is InChI=1S/C24H25ClN2O2/c1-3-8-21(20-9-4-5-10-22(20)26-17(2)28)27-23-11-6-7-12-24(23)29-19-15-13-18(25)14-16-19/h4-7,9-16,21,27H,3,8H2,1-2H3,(H,26,28). The first-order chi connectivity index (χ1) is 14.1. The van der Waals surface area contributed by atoms with Crippen molar-refractivity contribution in [1.29, 1.82) is 0 Å². The smallest absolute Gasteiger partial charge is 0.221 e. The van der Waals surface area contributed by atoms with Crippen molar-refractivity contribution in [2.75, 3.05) is 10.6 Å². The molecule has 150 valence electrons. The van der Waals surface area contributed by atoms with Gasteiger partial charge in [-0.3, -0.25) is 4.79 Å². The Hall–Kier alpha value is -2.98. The van der Waals surface area contributed by atoms with Crippen molar-refractivity contribution in [2.45, 2.75) is 32.7 Å². The van der Waals surface area contributed by atoms with E-state index >= 15 is 0 Å². The summed E-state index contributed by atoms with van der Waals surface area (Å²) >= 11 is 5.97. The first-order valence-corrected chi connectivity index (χ1v) is 10.1. The lowest BCUT2D eigenvalue weighted by molar-refractivity contribution is -0.114. The van der Waals surface area contributed by atoms with E-state index in [0.717, 1.165) is 35.5 Å². The Morgan fingerprint density at radius 1 is 0.966 bits per heavy atom. The summed E-state index contributed by atoms with van der Waals surface area (Å²) in [6.45, 7) is 3.67. The van der Waals surface area contributed by atoms with E-state index in [9.17, 15) is 4.79 Å². The Kier molecular flexibility index (Phi) is 7.14. The number of ether oxygens (including phenoxy) is 1. The Morgan fingerprint density at radius 2 is 1.62 bits per heavy atom. The molecule has 3 aromatic rings. The van der Waals surface area contributed by atoms with Gasteiger partial charge in [-0.25, -0.2) is 0 Å². The molecule has 1 unspecified atom stereocenters. The Balaban J connectivity index is 1.88. The van der Waals surface area contributed by atoms with Crippen molar-refractivity contribution in [3.63, 3.8) is 0 Å². The topological polar surface area (TPSA) is 50.4 Å². The molecule has 0 saturated heterocycles. The number of hydrogen-bond acceptors (Lipinski definition) is 3. The fraction of sp³-hybridized carbons (Fsp3) is 0.208. The molecule has 0 spiro atoms. The zero-order valence-corrected chi connectivity index (χ0v) is 17.4. The zero-order chi connectivity index (χ0) is 20.6. The fourth-order valence-electron chi connectivity index (χ4n) is 3.19. The Labute approximate surface area is 176 Å². The SMILES string of the molecule is CCCC(Nc1ccccc1Oc1ccc(Cl)cc1)c1ccccc1NC(C)=O. The van der Waals surface area contributed by atoms with Crippen LogP contribution in [0.4, 0.5) is 11.4 Å². The van der Waals surface area contributed by atoms with Gasteiger partial charge in [-0.1, -0.05) is 55.3 Å². The lowest BCUT2D eigenvalue weighted by atomic mass is 9.99. The van der Waals surface area contributed by atoms with Crippen LogP contribution < -0.4 is 15.4 Å². The highest BCUT2D eigenvalue weighted by atomic mass is 35.5. The van der Waals surface area contributed by atoms with Gasteiger partial charge in [-0.15, -0.1) is 0 Å². The second kappa shape index (κ2) is 9.99. The van der Waals surface area contributed by atoms with Crippen LogP contribution in [0.15, 0.2) is 72.8 Å². The highest BCUT2D eigenvalue weighted by molar-refractivity contribution is 6.30. The van der Waals surface area contributed by atoms with E-state index in [2.05, 4.69) is 17.6 Å². The molecule has 29 heavy (non-hydrogen) atoms. The van der Waals surface area contributed by atoms with Gasteiger partial charge in [0.2, 0.25) is 5.91 Å². The summed E-state index contributed by atoms with van der Waals surface area (Å²) in [6.07, 6.45) is 1.90. The Morgan fingerprint density at radius 3 is 2.31 bits per heavy atom. The largest absolute Gasteiger partial charge is 0.455 e. The normalized spacial score (nSPS) is 11.6. The monoisotopic (exact) mass is 408 g/mol. The molecule has 3 aromatic carbocycles. The molecule has 3 rings (SSSR count). The van der Waals surface area contributed by atoms with Crippen LogP contribution in [-0.4, -0.2) is 5.91 Å². The number of nitrogens with one attached hydrogen (secondary N) is 2. The number of hydrogen-bond donors (Lipinski definition) is 2. The van der Waals surface area contributed by atoms with Crippen molar-refractivity contribution < 1.29 is 9.53 Å². The van der Waals surface area contributed by atoms with Gasteiger partial charge in [0.15, 0.2) is 5.75 Å². The summed E-state index contributed by atoms with van der Waals surface area (Å²) in [5, 5.41) is 7.21. The summed E-state index contributed by atoms with van der Waals surface area (Å²) < 4.78 is 6.08. The van der Waals surface area contributed by atoms with E-state index in [4.69, 9.17) is 16.3 Å². The highest BCUT2D eigenvalue weighted by Crippen LogP contribution is 2.35. The average Bonchev–Trinajstić information content (AvgIpc) is 2.71. The van der Waals surface area contributed by atoms with Crippen LogP contribution in [0, 0.1) is 0 Å². The minimum Gasteiger partial charge on any atom is -0.455 e. The molecule has 0 fully saturated rings. The van der Waals surface area contributed by atoms with Crippen LogP contribution in [0.1, 0.15) is 38.3 Å². The van der Waals surface area contributed by atoms with Crippen LogP contribution in [0.3, 0.4) is 0 Å². The van der Waals surface area contributed by atoms with Gasteiger partial charge in [-0.05, 0) is 54.4 Å². The van der Waals surface area contributed by atoms with Crippen molar-refractivity contribution in [3.05, 3.63) is 83.4 Å². The lowest BCUT2D eigenvalue weighted by Gasteiger charge is -2.24. The molecular formula is C24H25ClN2O2. The number of benzene rings is 3. The summed E-state index contributed by atoms with van der Waals surface area (Å²) in [5.41, 5.74) is 2.76. The first-order valence-electron chi connectivity index (χ1n) is 9.72. The van der Waals surface area contributed by atoms with Crippen molar-refractivity contribution in [2.24, 2.45) is 0 Å². The van der Waals surface area contributed by atoms with Crippen LogP contribution in [0.5, 0.6) is 11.5 Å². The van der Waals surface area contributed by atoms with E-state index in [1.807, 2.05) is 60.7 Å². The van der Waals surface area contributed by atoms with Crippen LogP contribution in [0.2, 0.25) is 5.02 Å². The Bertz CT molecular complexity index is 957. The maximum atomic E-state index is 11.6. The number of halogens is 1. The first kappa shape index (κ1) is 20.7. The molecule has 1 atom stereocenters. The van der Waals surface area contributed by atoms with Gasteiger partial charge in [0, 0.05) is 17.6 Å². The maximum absolute atomic E-state index is 11.6.